The highest BCUT2D eigenvalue weighted by atomic mass is 19.2. The maximum absolute atomic E-state index is 13.1. The van der Waals surface area contributed by atoms with E-state index in [4.69, 9.17) is 0 Å². The van der Waals surface area contributed by atoms with E-state index < -0.39 is 23.4 Å². The van der Waals surface area contributed by atoms with Gasteiger partial charge in [-0.3, -0.25) is 4.79 Å². The summed E-state index contributed by atoms with van der Waals surface area (Å²) in [4.78, 5) is 14.3. The minimum atomic E-state index is -1.41. The molecule has 0 radical (unpaired) electrons. The predicted molar refractivity (Wildman–Crippen MR) is 53.8 cm³/mol. The Kier molecular flexibility index (Phi) is 3.16. The van der Waals surface area contributed by atoms with E-state index in [9.17, 15) is 18.0 Å². The van der Waals surface area contributed by atoms with Crippen LogP contribution in [0.3, 0.4) is 0 Å². The smallest absolute Gasteiger partial charge is 0.251 e. The van der Waals surface area contributed by atoms with Gasteiger partial charge < -0.3 is 10.6 Å². The number of rotatable bonds is 4. The van der Waals surface area contributed by atoms with Crippen molar-refractivity contribution in [1.29, 1.82) is 0 Å². The molecular formula is C10H10F3N3O. The van der Waals surface area contributed by atoms with Crippen LogP contribution in [0.1, 0.15) is 12.8 Å². The number of nitrogens with zero attached hydrogens (tertiary/aromatic N) is 1. The number of aromatic nitrogens is 1. The molecule has 0 aliphatic heterocycles. The van der Waals surface area contributed by atoms with Gasteiger partial charge in [-0.25, -0.2) is 8.78 Å². The van der Waals surface area contributed by atoms with E-state index in [-0.39, 0.29) is 18.5 Å². The Bertz CT molecular complexity index is 449. The molecule has 1 aliphatic rings. The van der Waals surface area contributed by atoms with Gasteiger partial charge in [0.1, 0.15) is 0 Å². The Labute approximate surface area is 95.2 Å². The lowest BCUT2D eigenvalue weighted by Gasteiger charge is -2.07. The number of nitrogens with one attached hydrogen (secondary N) is 2. The number of hydrogen-bond acceptors (Lipinski definition) is 3. The second-order valence-corrected chi connectivity index (χ2v) is 3.79. The van der Waals surface area contributed by atoms with Crippen molar-refractivity contribution in [2.24, 2.45) is 0 Å². The fourth-order valence-electron chi connectivity index (χ4n) is 1.24. The van der Waals surface area contributed by atoms with Crippen LogP contribution < -0.4 is 10.6 Å². The van der Waals surface area contributed by atoms with Gasteiger partial charge in [-0.2, -0.15) is 9.37 Å². The number of halogens is 3. The highest BCUT2D eigenvalue weighted by molar-refractivity contribution is 5.80. The maximum Gasteiger partial charge on any atom is 0.251 e. The Morgan fingerprint density at radius 1 is 1.35 bits per heavy atom. The van der Waals surface area contributed by atoms with Crippen molar-refractivity contribution >= 4 is 11.7 Å². The molecule has 1 saturated carbocycles. The molecule has 0 spiro atoms. The van der Waals surface area contributed by atoms with Gasteiger partial charge >= 0.3 is 0 Å². The summed E-state index contributed by atoms with van der Waals surface area (Å²) in [5, 5.41) is 4.96. The zero-order valence-corrected chi connectivity index (χ0v) is 8.77. The van der Waals surface area contributed by atoms with Crippen LogP contribution in [0.5, 0.6) is 0 Å². The van der Waals surface area contributed by atoms with Gasteiger partial charge in [0.2, 0.25) is 5.91 Å². The molecule has 7 heteroatoms. The summed E-state index contributed by atoms with van der Waals surface area (Å²) in [7, 11) is 0. The third-order valence-corrected chi connectivity index (χ3v) is 2.25. The van der Waals surface area contributed by atoms with E-state index in [2.05, 4.69) is 15.6 Å². The summed E-state index contributed by atoms with van der Waals surface area (Å²) in [5.74, 6) is -4.62. The molecule has 0 aromatic carbocycles. The number of carbonyl (C=O) groups is 1. The summed E-state index contributed by atoms with van der Waals surface area (Å²) in [6, 6.07) is 0.566. The number of hydrogen-bond donors (Lipinski definition) is 2. The van der Waals surface area contributed by atoms with Crippen molar-refractivity contribution in [3.63, 3.8) is 0 Å². The molecule has 1 amide bonds. The first kappa shape index (κ1) is 11.7. The number of carbonyl (C=O) groups excluding carboxylic acids is 1. The fourth-order valence-corrected chi connectivity index (χ4v) is 1.24. The lowest BCUT2D eigenvalue weighted by molar-refractivity contribution is -0.119. The quantitative estimate of drug-likeness (QED) is 0.783. The lowest BCUT2D eigenvalue weighted by atomic mass is 10.4. The highest BCUT2D eigenvalue weighted by Gasteiger charge is 2.23. The monoisotopic (exact) mass is 245 g/mol. The van der Waals surface area contributed by atoms with E-state index in [1.165, 1.54) is 0 Å². The summed E-state index contributed by atoms with van der Waals surface area (Å²) in [6.45, 7) is -0.231. The minimum absolute atomic E-state index is 0.187. The van der Waals surface area contributed by atoms with Gasteiger partial charge in [-0.05, 0) is 12.8 Å². The van der Waals surface area contributed by atoms with Crippen molar-refractivity contribution in [2.75, 3.05) is 11.9 Å². The number of pyridine rings is 1. The van der Waals surface area contributed by atoms with Crippen LogP contribution in [0, 0.1) is 17.6 Å². The molecule has 4 nitrogen and oxygen atoms in total. The standard InChI is InChI=1S/C10H10F3N3O/c11-6-3-7(12)10(16-9(6)13)14-4-8(17)15-5-1-2-5/h3,5H,1-2,4H2,(H,14,16)(H,15,17). The van der Waals surface area contributed by atoms with Crippen LogP contribution in [-0.2, 0) is 4.79 Å². The first-order valence-electron chi connectivity index (χ1n) is 5.11. The average molecular weight is 245 g/mol. The summed E-state index contributed by atoms with van der Waals surface area (Å²) < 4.78 is 38.4. The first-order valence-corrected chi connectivity index (χ1v) is 5.11. The molecule has 1 aromatic heterocycles. The molecule has 2 rings (SSSR count). The van der Waals surface area contributed by atoms with E-state index in [1.807, 2.05) is 0 Å². The lowest BCUT2D eigenvalue weighted by Crippen LogP contribution is -2.31. The van der Waals surface area contributed by atoms with Gasteiger partial charge in [-0.15, -0.1) is 0 Å². The van der Waals surface area contributed by atoms with Gasteiger partial charge in [0.15, 0.2) is 17.5 Å². The second-order valence-electron chi connectivity index (χ2n) is 3.79. The van der Waals surface area contributed by atoms with E-state index >= 15 is 0 Å². The van der Waals surface area contributed by atoms with Crippen LogP contribution in [-0.4, -0.2) is 23.5 Å². The van der Waals surface area contributed by atoms with Crippen LogP contribution >= 0.6 is 0 Å². The van der Waals surface area contributed by atoms with E-state index in [0.717, 1.165) is 12.8 Å². The molecule has 1 fully saturated rings. The molecule has 0 unspecified atom stereocenters. The summed E-state index contributed by atoms with van der Waals surface area (Å²) in [6.07, 6.45) is 1.87. The average Bonchev–Trinajstić information content (AvgIpc) is 3.05. The molecule has 92 valence electrons. The van der Waals surface area contributed by atoms with E-state index in [0.29, 0.717) is 6.07 Å². The SMILES string of the molecule is O=C(CNc1nc(F)c(F)cc1F)NC1CC1. The van der Waals surface area contributed by atoms with Gasteiger partial charge in [0.05, 0.1) is 6.54 Å². The van der Waals surface area contributed by atoms with Gasteiger partial charge in [0.25, 0.3) is 5.95 Å². The van der Waals surface area contributed by atoms with Crippen molar-refractivity contribution < 1.29 is 18.0 Å². The molecule has 1 aliphatic carbocycles. The van der Waals surface area contributed by atoms with Crippen molar-refractivity contribution in [3.8, 4) is 0 Å². The molecule has 1 heterocycles. The minimum Gasteiger partial charge on any atom is -0.358 e. The van der Waals surface area contributed by atoms with Crippen LogP contribution in [0.25, 0.3) is 0 Å². The molecule has 0 atom stereocenters. The Balaban J connectivity index is 1.93. The first-order chi connectivity index (χ1) is 8.06. The molecule has 1 aromatic rings. The highest BCUT2D eigenvalue weighted by Crippen LogP contribution is 2.18. The Morgan fingerprint density at radius 2 is 2.06 bits per heavy atom. The molecular weight excluding hydrogens is 235 g/mol. The zero-order valence-electron chi connectivity index (χ0n) is 8.77. The van der Waals surface area contributed by atoms with Crippen LogP contribution in [0.4, 0.5) is 19.0 Å². The van der Waals surface area contributed by atoms with Crippen LogP contribution in [0.2, 0.25) is 0 Å². The van der Waals surface area contributed by atoms with Crippen molar-refractivity contribution in [2.45, 2.75) is 18.9 Å². The molecule has 0 saturated heterocycles. The number of anilines is 1. The van der Waals surface area contributed by atoms with Crippen molar-refractivity contribution in [1.82, 2.24) is 10.3 Å². The third-order valence-electron chi connectivity index (χ3n) is 2.25. The maximum atomic E-state index is 13.1. The summed E-state index contributed by atoms with van der Waals surface area (Å²) >= 11 is 0. The predicted octanol–water partition coefficient (Wildman–Crippen LogP) is 1.19. The molecule has 0 bridgehead atoms. The normalized spacial score (nSPS) is 14.5. The zero-order chi connectivity index (χ0) is 12.4. The summed E-state index contributed by atoms with van der Waals surface area (Å²) in [5.41, 5.74) is 0. The van der Waals surface area contributed by atoms with Gasteiger partial charge in [-0.1, -0.05) is 0 Å². The molecule has 2 N–H and O–H groups in total. The largest absolute Gasteiger partial charge is 0.358 e. The topological polar surface area (TPSA) is 54.0 Å². The number of amides is 1. The second kappa shape index (κ2) is 4.60. The Hall–Kier alpha value is -1.79. The van der Waals surface area contributed by atoms with Crippen LogP contribution in [0.15, 0.2) is 6.07 Å². The molecule has 17 heavy (non-hydrogen) atoms. The van der Waals surface area contributed by atoms with E-state index in [1.54, 1.807) is 0 Å². The third kappa shape index (κ3) is 3.08. The van der Waals surface area contributed by atoms with Gasteiger partial charge in [0, 0.05) is 12.1 Å². The van der Waals surface area contributed by atoms with Crippen molar-refractivity contribution in [3.05, 3.63) is 23.6 Å². The Morgan fingerprint density at radius 3 is 2.71 bits per heavy atom. The fraction of sp³-hybridized carbons (Fsp3) is 0.400.